The number of rotatable bonds is 4. The summed E-state index contributed by atoms with van der Waals surface area (Å²) in [5, 5.41) is 0.690. The molecule has 106 valence electrons. The van der Waals surface area contributed by atoms with Crippen molar-refractivity contribution in [3.8, 4) is 0 Å². The fourth-order valence-electron chi connectivity index (χ4n) is 1.95. The Balaban J connectivity index is 2.31. The lowest BCUT2D eigenvalue weighted by atomic mass is 9.98. The second kappa shape index (κ2) is 6.50. The highest BCUT2D eigenvalue weighted by molar-refractivity contribution is 6.30. The minimum Gasteiger partial charge on any atom is -0.271 e. The van der Waals surface area contributed by atoms with Gasteiger partial charge in [-0.15, -0.1) is 0 Å². The van der Waals surface area contributed by atoms with Gasteiger partial charge in [-0.05, 0) is 42.3 Å². The van der Waals surface area contributed by atoms with Crippen LogP contribution in [0.4, 0.5) is 8.78 Å². The number of benzene rings is 2. The van der Waals surface area contributed by atoms with Crippen molar-refractivity contribution in [2.24, 2.45) is 5.84 Å². The van der Waals surface area contributed by atoms with Crippen LogP contribution in [0.5, 0.6) is 0 Å². The minimum atomic E-state index is -0.593. The van der Waals surface area contributed by atoms with Gasteiger partial charge < -0.3 is 0 Å². The van der Waals surface area contributed by atoms with Crippen molar-refractivity contribution in [3.63, 3.8) is 0 Å². The Morgan fingerprint density at radius 3 is 2.30 bits per heavy atom. The van der Waals surface area contributed by atoms with E-state index in [2.05, 4.69) is 5.43 Å². The average molecular weight is 317 g/mol. The van der Waals surface area contributed by atoms with Gasteiger partial charge in [0, 0.05) is 15.6 Å². The highest BCUT2D eigenvalue weighted by Crippen LogP contribution is 2.25. The number of nitrogens with two attached hydrogens (primary N) is 1. The van der Waals surface area contributed by atoms with E-state index in [4.69, 9.17) is 29.0 Å². The third kappa shape index (κ3) is 3.46. The van der Waals surface area contributed by atoms with Crippen LogP contribution in [0.15, 0.2) is 36.4 Å². The van der Waals surface area contributed by atoms with E-state index in [1.54, 1.807) is 12.1 Å². The van der Waals surface area contributed by atoms with Gasteiger partial charge in [0.25, 0.3) is 0 Å². The Morgan fingerprint density at radius 2 is 1.65 bits per heavy atom. The quantitative estimate of drug-likeness (QED) is 0.660. The molecular weight excluding hydrogens is 305 g/mol. The average Bonchev–Trinajstić information content (AvgIpc) is 2.41. The number of hydrogen-bond acceptors (Lipinski definition) is 2. The van der Waals surface area contributed by atoms with Gasteiger partial charge in [-0.2, -0.15) is 0 Å². The molecule has 2 nitrogen and oxygen atoms in total. The van der Waals surface area contributed by atoms with Crippen molar-refractivity contribution in [3.05, 3.63) is 69.2 Å². The summed E-state index contributed by atoms with van der Waals surface area (Å²) in [7, 11) is 0. The zero-order valence-corrected chi connectivity index (χ0v) is 11.8. The van der Waals surface area contributed by atoms with Gasteiger partial charge in [-0.25, -0.2) is 8.78 Å². The first-order valence-corrected chi connectivity index (χ1v) is 6.62. The molecule has 0 amide bonds. The van der Waals surface area contributed by atoms with E-state index in [-0.39, 0.29) is 12.0 Å². The van der Waals surface area contributed by atoms with E-state index in [0.717, 1.165) is 0 Å². The monoisotopic (exact) mass is 316 g/mol. The second-order valence-electron chi connectivity index (χ2n) is 4.32. The van der Waals surface area contributed by atoms with Crippen molar-refractivity contribution < 1.29 is 8.78 Å². The molecule has 0 aliphatic carbocycles. The van der Waals surface area contributed by atoms with E-state index in [1.807, 2.05) is 0 Å². The maximum absolute atomic E-state index is 13.8. The Bertz CT molecular complexity index is 620. The summed E-state index contributed by atoms with van der Waals surface area (Å²) in [4.78, 5) is 0. The Morgan fingerprint density at radius 1 is 1.00 bits per heavy atom. The first kappa shape index (κ1) is 15.2. The molecule has 2 aromatic rings. The van der Waals surface area contributed by atoms with Crippen LogP contribution in [0.3, 0.4) is 0 Å². The van der Waals surface area contributed by atoms with E-state index in [1.165, 1.54) is 24.3 Å². The molecule has 0 bridgehead atoms. The zero-order chi connectivity index (χ0) is 14.7. The molecule has 3 N–H and O–H groups in total. The predicted octanol–water partition coefficient (Wildman–Crippen LogP) is 4.02. The molecule has 6 heteroatoms. The van der Waals surface area contributed by atoms with Gasteiger partial charge in [0.15, 0.2) is 0 Å². The lowest BCUT2D eigenvalue weighted by Gasteiger charge is -2.18. The van der Waals surface area contributed by atoms with Crippen LogP contribution in [-0.2, 0) is 6.42 Å². The smallest absolute Gasteiger partial charge is 0.128 e. The molecular formula is C14H12Cl2F2N2. The Labute approximate surface area is 125 Å². The van der Waals surface area contributed by atoms with Crippen LogP contribution < -0.4 is 11.3 Å². The third-order valence-electron chi connectivity index (χ3n) is 2.97. The van der Waals surface area contributed by atoms with Crippen molar-refractivity contribution >= 4 is 23.2 Å². The number of hydrogen-bond donors (Lipinski definition) is 2. The third-order valence-corrected chi connectivity index (χ3v) is 3.44. The molecule has 0 aliphatic rings. The summed E-state index contributed by atoms with van der Waals surface area (Å²) in [6.45, 7) is 0. The summed E-state index contributed by atoms with van der Waals surface area (Å²) in [5.74, 6) is 4.53. The van der Waals surface area contributed by atoms with Crippen LogP contribution >= 0.6 is 23.2 Å². The second-order valence-corrected chi connectivity index (χ2v) is 5.20. The molecule has 0 radical (unpaired) electrons. The lowest BCUT2D eigenvalue weighted by molar-refractivity contribution is 0.499. The minimum absolute atomic E-state index is 0.177. The molecule has 2 aromatic carbocycles. The highest BCUT2D eigenvalue weighted by atomic mass is 35.5. The van der Waals surface area contributed by atoms with Crippen molar-refractivity contribution in [2.45, 2.75) is 12.5 Å². The summed E-state index contributed by atoms with van der Waals surface area (Å²) in [5.41, 5.74) is 3.15. The van der Waals surface area contributed by atoms with Crippen molar-refractivity contribution in [1.29, 1.82) is 0 Å². The van der Waals surface area contributed by atoms with Gasteiger partial charge in [-0.1, -0.05) is 29.3 Å². The first-order valence-electron chi connectivity index (χ1n) is 5.86. The van der Waals surface area contributed by atoms with Crippen molar-refractivity contribution in [2.75, 3.05) is 0 Å². The molecule has 0 fully saturated rings. The Hall–Kier alpha value is -1.20. The number of halogens is 4. The molecule has 0 spiro atoms. The van der Waals surface area contributed by atoms with Crippen LogP contribution in [-0.4, -0.2) is 0 Å². The fraction of sp³-hybridized carbons (Fsp3) is 0.143. The molecule has 2 rings (SSSR count). The molecule has 1 unspecified atom stereocenters. The molecule has 0 saturated heterocycles. The summed E-state index contributed by atoms with van der Waals surface area (Å²) in [6, 6.07) is 7.89. The Kier molecular flexibility index (Phi) is 4.94. The summed E-state index contributed by atoms with van der Waals surface area (Å²) < 4.78 is 27.6. The summed E-state index contributed by atoms with van der Waals surface area (Å²) in [6.07, 6.45) is 0.177. The highest BCUT2D eigenvalue weighted by Gasteiger charge is 2.17. The van der Waals surface area contributed by atoms with Crippen molar-refractivity contribution in [1.82, 2.24) is 5.43 Å². The SMILES string of the molecule is NNC(Cc1ccc(Cl)cc1F)c1cc(Cl)ccc1F. The standard InChI is InChI=1S/C14H12Cl2F2N2/c15-9-3-4-12(17)11(6-9)14(20-19)5-8-1-2-10(16)7-13(8)18/h1-4,6-7,14,20H,5,19H2. The van der Waals surface area contributed by atoms with Gasteiger partial charge in [0.1, 0.15) is 11.6 Å². The van der Waals surface area contributed by atoms with Crippen LogP contribution in [0, 0.1) is 11.6 Å². The number of nitrogens with one attached hydrogen (secondary N) is 1. The molecule has 20 heavy (non-hydrogen) atoms. The molecule has 0 saturated carbocycles. The normalized spacial score (nSPS) is 12.4. The fourth-order valence-corrected chi connectivity index (χ4v) is 2.29. The molecule has 0 aliphatic heterocycles. The van der Waals surface area contributed by atoms with Gasteiger partial charge in [0.2, 0.25) is 0 Å². The van der Waals surface area contributed by atoms with Crippen LogP contribution in [0.2, 0.25) is 10.0 Å². The topological polar surface area (TPSA) is 38.0 Å². The van der Waals surface area contributed by atoms with E-state index in [9.17, 15) is 8.78 Å². The largest absolute Gasteiger partial charge is 0.271 e. The van der Waals surface area contributed by atoms with Crippen LogP contribution in [0.25, 0.3) is 0 Å². The van der Waals surface area contributed by atoms with Gasteiger partial charge in [-0.3, -0.25) is 11.3 Å². The van der Waals surface area contributed by atoms with E-state index in [0.29, 0.717) is 15.6 Å². The van der Waals surface area contributed by atoms with E-state index >= 15 is 0 Å². The lowest BCUT2D eigenvalue weighted by Crippen LogP contribution is -2.30. The maximum atomic E-state index is 13.8. The molecule has 0 heterocycles. The molecule has 1 atom stereocenters. The number of hydrazine groups is 1. The van der Waals surface area contributed by atoms with Gasteiger partial charge in [0.05, 0.1) is 6.04 Å². The predicted molar refractivity (Wildman–Crippen MR) is 76.6 cm³/mol. The van der Waals surface area contributed by atoms with E-state index < -0.39 is 17.7 Å². The first-order chi connectivity index (χ1) is 9.51. The maximum Gasteiger partial charge on any atom is 0.128 e. The van der Waals surface area contributed by atoms with Gasteiger partial charge >= 0.3 is 0 Å². The van der Waals surface area contributed by atoms with Crippen LogP contribution in [0.1, 0.15) is 17.2 Å². The zero-order valence-electron chi connectivity index (χ0n) is 10.3. The summed E-state index contributed by atoms with van der Waals surface area (Å²) >= 11 is 11.5. The molecule has 0 aromatic heterocycles.